The molecule has 1 amide bonds. The van der Waals surface area contributed by atoms with Crippen molar-refractivity contribution in [2.45, 2.75) is 11.8 Å². The van der Waals surface area contributed by atoms with Gasteiger partial charge in [-0.3, -0.25) is 4.79 Å². The van der Waals surface area contributed by atoms with Gasteiger partial charge in [0.05, 0.1) is 4.90 Å². The molecule has 0 aliphatic heterocycles. The monoisotopic (exact) mass is 239 g/mol. The molecule has 0 unspecified atom stereocenters. The Hall–Kier alpha value is -1.62. The van der Waals surface area contributed by atoms with Gasteiger partial charge in [-0.2, -0.15) is 0 Å². The van der Waals surface area contributed by atoms with Crippen molar-refractivity contribution in [2.75, 3.05) is 11.6 Å². The fourth-order valence-electron chi connectivity index (χ4n) is 1.04. The second-order valence-corrected chi connectivity index (χ2v) is 5.55. The number of sulfone groups is 1. The number of hydrogen-bond acceptors (Lipinski definition) is 3. The number of carbonyl (C=O) groups is 1. The number of rotatable bonds is 3. The third-order valence-electron chi connectivity index (χ3n) is 1.91. The lowest BCUT2D eigenvalue weighted by molar-refractivity contribution is -0.112. The molecule has 0 saturated carbocycles. The predicted octanol–water partition coefficient (Wildman–Crippen LogP) is 1.60. The smallest absolute Gasteiger partial charge is 0.250 e. The first-order valence-corrected chi connectivity index (χ1v) is 6.47. The Kier molecular flexibility index (Phi) is 3.49. The first-order valence-electron chi connectivity index (χ1n) is 4.57. The van der Waals surface area contributed by atoms with E-state index in [1.54, 1.807) is 19.1 Å². The zero-order valence-electron chi connectivity index (χ0n) is 9.15. The zero-order chi connectivity index (χ0) is 12.3. The van der Waals surface area contributed by atoms with Crippen LogP contribution in [0.25, 0.3) is 0 Å². The van der Waals surface area contributed by atoms with Crippen molar-refractivity contribution in [2.24, 2.45) is 0 Å². The maximum Gasteiger partial charge on any atom is 0.250 e. The third-order valence-corrected chi connectivity index (χ3v) is 3.02. The molecule has 1 rings (SSSR count). The van der Waals surface area contributed by atoms with E-state index in [1.807, 2.05) is 0 Å². The highest BCUT2D eigenvalue weighted by Crippen LogP contribution is 2.15. The Bertz CT molecular complexity index is 532. The molecule has 0 radical (unpaired) electrons. The van der Waals surface area contributed by atoms with Crippen molar-refractivity contribution in [3.63, 3.8) is 0 Å². The van der Waals surface area contributed by atoms with Gasteiger partial charge in [-0.05, 0) is 25.1 Å². The van der Waals surface area contributed by atoms with Gasteiger partial charge in [0.25, 0.3) is 5.91 Å². The van der Waals surface area contributed by atoms with Gasteiger partial charge < -0.3 is 5.32 Å². The van der Waals surface area contributed by atoms with E-state index >= 15 is 0 Å². The van der Waals surface area contributed by atoms with Crippen molar-refractivity contribution >= 4 is 21.4 Å². The molecule has 4 nitrogen and oxygen atoms in total. The van der Waals surface area contributed by atoms with Crippen molar-refractivity contribution in [1.29, 1.82) is 0 Å². The quantitative estimate of drug-likeness (QED) is 0.815. The van der Waals surface area contributed by atoms with Crippen molar-refractivity contribution in [1.82, 2.24) is 0 Å². The molecular weight excluding hydrogens is 226 g/mol. The van der Waals surface area contributed by atoms with E-state index in [2.05, 4.69) is 11.9 Å². The fourth-order valence-corrected chi connectivity index (χ4v) is 1.71. The minimum atomic E-state index is -3.26. The van der Waals surface area contributed by atoms with E-state index in [0.29, 0.717) is 11.3 Å². The largest absolute Gasteiger partial charge is 0.322 e. The molecule has 1 aromatic carbocycles. The predicted molar refractivity (Wildman–Crippen MR) is 63.0 cm³/mol. The molecular formula is C11H13NO3S. The summed E-state index contributed by atoms with van der Waals surface area (Å²) in [4.78, 5) is 11.5. The lowest BCUT2D eigenvalue weighted by Crippen LogP contribution is -2.12. The van der Waals surface area contributed by atoms with E-state index in [1.165, 1.54) is 12.1 Å². The van der Waals surface area contributed by atoms with Crippen LogP contribution in [0, 0.1) is 0 Å². The summed E-state index contributed by atoms with van der Waals surface area (Å²) >= 11 is 0. The van der Waals surface area contributed by atoms with Crippen molar-refractivity contribution < 1.29 is 13.2 Å². The van der Waals surface area contributed by atoms with Crippen LogP contribution in [-0.2, 0) is 14.6 Å². The van der Waals surface area contributed by atoms with Crippen LogP contribution in [0.4, 0.5) is 5.69 Å². The molecule has 0 atom stereocenters. The Balaban J connectivity index is 3.01. The molecule has 0 heterocycles. The number of amides is 1. The van der Waals surface area contributed by atoms with E-state index in [-0.39, 0.29) is 10.8 Å². The molecule has 5 heteroatoms. The molecule has 0 aliphatic rings. The summed E-state index contributed by atoms with van der Waals surface area (Å²) in [7, 11) is -3.26. The minimum absolute atomic E-state index is 0.173. The van der Waals surface area contributed by atoms with Crippen LogP contribution in [0.3, 0.4) is 0 Å². The third kappa shape index (κ3) is 3.20. The maximum atomic E-state index is 11.3. The average molecular weight is 239 g/mol. The van der Waals surface area contributed by atoms with Gasteiger partial charge in [0.1, 0.15) is 0 Å². The number of benzene rings is 1. The molecule has 1 aromatic rings. The normalized spacial score (nSPS) is 10.9. The van der Waals surface area contributed by atoms with Gasteiger partial charge in [0.15, 0.2) is 9.84 Å². The topological polar surface area (TPSA) is 63.2 Å². The van der Waals surface area contributed by atoms with Crippen molar-refractivity contribution in [3.05, 3.63) is 36.4 Å². The van der Waals surface area contributed by atoms with Gasteiger partial charge in [-0.15, -0.1) is 0 Å². The molecule has 16 heavy (non-hydrogen) atoms. The molecule has 0 fully saturated rings. The van der Waals surface area contributed by atoms with Gasteiger partial charge in [-0.25, -0.2) is 8.42 Å². The van der Waals surface area contributed by atoms with Crippen LogP contribution in [0.5, 0.6) is 0 Å². The maximum absolute atomic E-state index is 11.3. The van der Waals surface area contributed by atoms with Crippen LogP contribution in [-0.4, -0.2) is 20.6 Å². The number of nitrogens with one attached hydrogen (secondary N) is 1. The SMILES string of the molecule is C=C(C)C(=O)Nc1cccc(S(C)(=O)=O)c1. The van der Waals surface area contributed by atoms with Crippen LogP contribution >= 0.6 is 0 Å². The minimum Gasteiger partial charge on any atom is -0.322 e. The fraction of sp³-hybridized carbons (Fsp3) is 0.182. The Morgan fingerprint density at radius 2 is 2.00 bits per heavy atom. The summed E-state index contributed by atoms with van der Waals surface area (Å²) in [5.74, 6) is -0.328. The standard InChI is InChI=1S/C11H13NO3S/c1-8(2)11(13)12-9-5-4-6-10(7-9)16(3,14)15/h4-7H,1H2,2-3H3,(H,12,13). The second kappa shape index (κ2) is 4.49. The summed E-state index contributed by atoms with van der Waals surface area (Å²) in [6, 6.07) is 6.09. The molecule has 0 spiro atoms. The summed E-state index contributed by atoms with van der Waals surface area (Å²) in [6.45, 7) is 5.07. The summed E-state index contributed by atoms with van der Waals surface area (Å²) in [5, 5.41) is 2.55. The Morgan fingerprint density at radius 1 is 1.38 bits per heavy atom. The van der Waals surface area contributed by atoms with Gasteiger partial charge in [0, 0.05) is 17.5 Å². The number of anilines is 1. The van der Waals surface area contributed by atoms with Gasteiger partial charge in [-0.1, -0.05) is 12.6 Å². The molecule has 1 N–H and O–H groups in total. The highest BCUT2D eigenvalue weighted by molar-refractivity contribution is 7.90. The van der Waals surface area contributed by atoms with Crippen LogP contribution < -0.4 is 5.32 Å². The van der Waals surface area contributed by atoms with E-state index in [4.69, 9.17) is 0 Å². The average Bonchev–Trinajstić information content (AvgIpc) is 2.16. The van der Waals surface area contributed by atoms with Crippen LogP contribution in [0.2, 0.25) is 0 Å². The number of carbonyl (C=O) groups excluding carboxylic acids is 1. The lowest BCUT2D eigenvalue weighted by Gasteiger charge is -2.06. The zero-order valence-corrected chi connectivity index (χ0v) is 9.97. The van der Waals surface area contributed by atoms with Crippen LogP contribution in [0.1, 0.15) is 6.92 Å². The molecule has 0 aliphatic carbocycles. The van der Waals surface area contributed by atoms with Crippen LogP contribution in [0.15, 0.2) is 41.3 Å². The second-order valence-electron chi connectivity index (χ2n) is 3.53. The molecule has 86 valence electrons. The van der Waals surface area contributed by atoms with Gasteiger partial charge >= 0.3 is 0 Å². The van der Waals surface area contributed by atoms with Gasteiger partial charge in [0.2, 0.25) is 0 Å². The molecule has 0 aromatic heterocycles. The highest BCUT2D eigenvalue weighted by atomic mass is 32.2. The first kappa shape index (κ1) is 12.4. The van der Waals surface area contributed by atoms with E-state index in [0.717, 1.165) is 6.26 Å². The lowest BCUT2D eigenvalue weighted by atomic mass is 10.3. The van der Waals surface area contributed by atoms with E-state index < -0.39 is 9.84 Å². The van der Waals surface area contributed by atoms with Crippen molar-refractivity contribution in [3.8, 4) is 0 Å². The summed E-state index contributed by atoms with van der Waals surface area (Å²) in [6.07, 6.45) is 1.12. The first-order chi connectivity index (χ1) is 7.30. The molecule has 0 bridgehead atoms. The summed E-state index contributed by atoms with van der Waals surface area (Å²) in [5.41, 5.74) is 0.806. The van der Waals surface area contributed by atoms with E-state index in [9.17, 15) is 13.2 Å². The Morgan fingerprint density at radius 3 is 2.50 bits per heavy atom. The number of hydrogen-bond donors (Lipinski definition) is 1. The highest BCUT2D eigenvalue weighted by Gasteiger charge is 2.08. The molecule has 0 saturated heterocycles. The Labute approximate surface area is 94.9 Å². The summed E-state index contributed by atoms with van der Waals surface area (Å²) < 4.78 is 22.5.